The smallest absolute Gasteiger partial charge is 0.0497 e. The Kier molecular flexibility index (Phi) is 7.49. The Bertz CT molecular complexity index is 390. The van der Waals surface area contributed by atoms with Gasteiger partial charge in [-0.25, -0.2) is 0 Å². The van der Waals surface area contributed by atoms with E-state index in [4.69, 9.17) is 0 Å². The zero-order valence-electron chi connectivity index (χ0n) is 14.1. The molecule has 0 saturated carbocycles. The molecule has 4 N–H and O–H groups in total. The van der Waals surface area contributed by atoms with Crippen LogP contribution in [-0.4, -0.2) is 46.9 Å². The first kappa shape index (κ1) is 19.1. The van der Waals surface area contributed by atoms with Crippen LogP contribution in [0.15, 0.2) is 12.1 Å². The average Bonchev–Trinajstić information content (AvgIpc) is 2.57. The highest BCUT2D eigenvalue weighted by Crippen LogP contribution is 2.35. The quantitative estimate of drug-likeness (QED) is 0.592. The zero-order valence-corrected chi connectivity index (χ0v) is 14.1. The first-order valence-electron chi connectivity index (χ1n) is 8.02. The van der Waals surface area contributed by atoms with Crippen molar-refractivity contribution < 1.29 is 20.4 Å². The Morgan fingerprint density at radius 2 is 0.727 bits per heavy atom. The molecule has 1 aromatic rings. The van der Waals surface area contributed by atoms with Gasteiger partial charge in [0.1, 0.15) is 0 Å². The molecule has 4 unspecified atom stereocenters. The van der Waals surface area contributed by atoms with Crippen molar-refractivity contribution in [3.8, 4) is 0 Å². The molecule has 22 heavy (non-hydrogen) atoms. The molecule has 0 aromatic heterocycles. The summed E-state index contributed by atoms with van der Waals surface area (Å²) in [5.41, 5.74) is 4.03. The van der Waals surface area contributed by atoms with Gasteiger partial charge in [0, 0.05) is 50.1 Å². The van der Waals surface area contributed by atoms with Crippen LogP contribution in [0.2, 0.25) is 0 Å². The highest BCUT2D eigenvalue weighted by Gasteiger charge is 2.22. The van der Waals surface area contributed by atoms with Crippen LogP contribution in [0, 0.1) is 0 Å². The molecule has 4 atom stereocenters. The van der Waals surface area contributed by atoms with E-state index in [9.17, 15) is 20.4 Å². The molecular weight excluding hydrogens is 280 g/mol. The number of benzene rings is 1. The van der Waals surface area contributed by atoms with Gasteiger partial charge in [-0.3, -0.25) is 0 Å². The molecule has 1 rings (SSSR count). The van der Waals surface area contributed by atoms with E-state index in [-0.39, 0.29) is 50.1 Å². The second kappa shape index (κ2) is 8.63. The van der Waals surface area contributed by atoms with Gasteiger partial charge in [0.15, 0.2) is 0 Å². The lowest BCUT2D eigenvalue weighted by molar-refractivity contribution is 0.259. The summed E-state index contributed by atoms with van der Waals surface area (Å²) in [7, 11) is 0. The Morgan fingerprint density at radius 1 is 0.545 bits per heavy atom. The van der Waals surface area contributed by atoms with E-state index in [0.29, 0.717) is 0 Å². The van der Waals surface area contributed by atoms with Crippen molar-refractivity contribution in [3.05, 3.63) is 34.4 Å². The summed E-state index contributed by atoms with van der Waals surface area (Å²) in [6.45, 7) is 7.94. The molecule has 0 heterocycles. The molecule has 0 saturated heterocycles. The predicted octanol–water partition coefficient (Wildman–Crippen LogP) is 2.07. The lowest BCUT2D eigenvalue weighted by Crippen LogP contribution is -2.15. The van der Waals surface area contributed by atoms with Gasteiger partial charge >= 0.3 is 0 Å². The lowest BCUT2D eigenvalue weighted by Gasteiger charge is -2.26. The SMILES string of the molecule is CC(CO)c1cc(C(C)CO)c(C(C)CO)cc1C(C)CO. The van der Waals surface area contributed by atoms with E-state index in [2.05, 4.69) is 0 Å². The number of rotatable bonds is 8. The number of hydrogen-bond donors (Lipinski definition) is 4. The van der Waals surface area contributed by atoms with Gasteiger partial charge in [-0.2, -0.15) is 0 Å². The molecular formula is C18H30O4. The molecule has 0 spiro atoms. The minimum Gasteiger partial charge on any atom is -0.396 e. The van der Waals surface area contributed by atoms with E-state index in [1.54, 1.807) is 0 Å². The topological polar surface area (TPSA) is 80.9 Å². The minimum atomic E-state index is -0.0351. The van der Waals surface area contributed by atoms with Gasteiger partial charge in [0.25, 0.3) is 0 Å². The molecule has 126 valence electrons. The summed E-state index contributed by atoms with van der Waals surface area (Å²) < 4.78 is 0. The lowest BCUT2D eigenvalue weighted by atomic mass is 9.80. The largest absolute Gasteiger partial charge is 0.396 e. The number of aliphatic hydroxyl groups is 4. The Balaban J connectivity index is 3.55. The summed E-state index contributed by atoms with van der Waals surface area (Å²) >= 11 is 0. The fourth-order valence-electron chi connectivity index (χ4n) is 2.77. The third-order valence-corrected chi connectivity index (χ3v) is 4.51. The molecule has 1 aromatic carbocycles. The van der Waals surface area contributed by atoms with Crippen LogP contribution in [0.1, 0.15) is 73.6 Å². The van der Waals surface area contributed by atoms with Crippen molar-refractivity contribution >= 4 is 0 Å². The number of aliphatic hydroxyl groups excluding tert-OH is 4. The second-order valence-electron chi connectivity index (χ2n) is 6.44. The first-order chi connectivity index (χ1) is 10.4. The van der Waals surface area contributed by atoms with E-state index >= 15 is 0 Å². The predicted molar refractivity (Wildman–Crippen MR) is 88.4 cm³/mol. The Hall–Kier alpha value is -0.940. The van der Waals surface area contributed by atoms with Crippen LogP contribution in [0.4, 0.5) is 0 Å². The van der Waals surface area contributed by atoms with Gasteiger partial charge in [-0.05, 0) is 22.3 Å². The summed E-state index contributed by atoms with van der Waals surface area (Å²) in [5, 5.41) is 38.1. The highest BCUT2D eigenvalue weighted by atomic mass is 16.3. The van der Waals surface area contributed by atoms with E-state index in [1.807, 2.05) is 39.8 Å². The monoisotopic (exact) mass is 310 g/mol. The maximum Gasteiger partial charge on any atom is 0.0497 e. The molecule has 4 heteroatoms. The van der Waals surface area contributed by atoms with Gasteiger partial charge in [0.05, 0.1) is 0 Å². The van der Waals surface area contributed by atoms with Crippen molar-refractivity contribution in [2.45, 2.75) is 51.4 Å². The van der Waals surface area contributed by atoms with Crippen LogP contribution in [0.25, 0.3) is 0 Å². The fourth-order valence-corrected chi connectivity index (χ4v) is 2.77. The molecule has 0 fully saturated rings. The van der Waals surface area contributed by atoms with Crippen molar-refractivity contribution in [2.24, 2.45) is 0 Å². The maximum absolute atomic E-state index is 9.53. The molecule has 0 amide bonds. The Labute approximate surface area is 133 Å². The van der Waals surface area contributed by atoms with Crippen LogP contribution in [0.5, 0.6) is 0 Å². The fraction of sp³-hybridized carbons (Fsp3) is 0.667. The van der Waals surface area contributed by atoms with Gasteiger partial charge < -0.3 is 20.4 Å². The summed E-state index contributed by atoms with van der Waals surface area (Å²) in [5.74, 6) is -0.140. The summed E-state index contributed by atoms with van der Waals surface area (Å²) in [6.07, 6.45) is 0. The maximum atomic E-state index is 9.53. The van der Waals surface area contributed by atoms with Gasteiger partial charge in [-0.1, -0.05) is 39.8 Å². The van der Waals surface area contributed by atoms with Gasteiger partial charge in [0.2, 0.25) is 0 Å². The normalized spacial score (nSPS) is 17.1. The minimum absolute atomic E-state index is 0.0347. The van der Waals surface area contributed by atoms with Crippen molar-refractivity contribution in [1.29, 1.82) is 0 Å². The van der Waals surface area contributed by atoms with Crippen LogP contribution in [0.3, 0.4) is 0 Å². The standard InChI is InChI=1S/C18H30O4/c1-11(7-19)15-5-17(13(3)9-21)18(14(4)10-22)6-16(15)12(2)8-20/h5-6,11-14,19-22H,7-10H2,1-4H3. The molecule has 0 radical (unpaired) electrons. The first-order valence-corrected chi connectivity index (χ1v) is 8.02. The van der Waals surface area contributed by atoms with Crippen molar-refractivity contribution in [3.63, 3.8) is 0 Å². The van der Waals surface area contributed by atoms with Crippen molar-refractivity contribution in [2.75, 3.05) is 26.4 Å². The van der Waals surface area contributed by atoms with E-state index in [0.717, 1.165) is 22.3 Å². The molecule has 0 aliphatic carbocycles. The summed E-state index contributed by atoms with van der Waals surface area (Å²) in [6, 6.07) is 4.06. The molecule has 0 bridgehead atoms. The van der Waals surface area contributed by atoms with Crippen LogP contribution < -0.4 is 0 Å². The van der Waals surface area contributed by atoms with Crippen molar-refractivity contribution in [1.82, 2.24) is 0 Å². The molecule has 4 nitrogen and oxygen atoms in total. The van der Waals surface area contributed by atoms with Crippen LogP contribution in [-0.2, 0) is 0 Å². The van der Waals surface area contributed by atoms with E-state index < -0.39 is 0 Å². The van der Waals surface area contributed by atoms with Crippen LogP contribution >= 0.6 is 0 Å². The van der Waals surface area contributed by atoms with Gasteiger partial charge in [-0.15, -0.1) is 0 Å². The third-order valence-electron chi connectivity index (χ3n) is 4.51. The summed E-state index contributed by atoms with van der Waals surface area (Å²) in [4.78, 5) is 0. The zero-order chi connectivity index (χ0) is 16.9. The average molecular weight is 310 g/mol. The second-order valence-corrected chi connectivity index (χ2v) is 6.44. The Morgan fingerprint density at radius 3 is 0.864 bits per heavy atom. The highest BCUT2D eigenvalue weighted by molar-refractivity contribution is 5.45. The third kappa shape index (κ3) is 4.07. The molecule has 0 aliphatic heterocycles. The number of hydrogen-bond acceptors (Lipinski definition) is 4. The van der Waals surface area contributed by atoms with E-state index in [1.165, 1.54) is 0 Å². The molecule has 0 aliphatic rings.